The molecule has 1 saturated carbocycles. The maximum Gasteiger partial charge on any atom is 0.261 e. The van der Waals surface area contributed by atoms with Crippen LogP contribution in [0.5, 0.6) is 0 Å². The second-order valence-corrected chi connectivity index (χ2v) is 5.81. The number of thiol groups is 1. The van der Waals surface area contributed by atoms with Crippen molar-refractivity contribution >= 4 is 29.9 Å². The molecule has 0 spiro atoms. The zero-order valence-corrected chi connectivity index (χ0v) is 10.9. The molecule has 0 bridgehead atoms. The van der Waals surface area contributed by atoms with Crippen molar-refractivity contribution in [2.75, 3.05) is 6.54 Å². The van der Waals surface area contributed by atoms with Gasteiger partial charge in [0.05, 0.1) is 4.88 Å². The first-order chi connectivity index (χ1) is 7.75. The fourth-order valence-corrected chi connectivity index (χ4v) is 3.23. The highest BCUT2D eigenvalue weighted by Gasteiger charge is 2.15. The van der Waals surface area contributed by atoms with E-state index < -0.39 is 0 Å². The SMILES string of the molecule is O=C(NCC1CCCCC1)c1cc(S)cs1. The van der Waals surface area contributed by atoms with Crippen molar-refractivity contribution in [2.24, 2.45) is 5.92 Å². The lowest BCUT2D eigenvalue weighted by molar-refractivity contribution is 0.0947. The van der Waals surface area contributed by atoms with Crippen LogP contribution in [0.15, 0.2) is 16.3 Å². The second-order valence-electron chi connectivity index (χ2n) is 4.38. The molecular formula is C12H17NOS2. The van der Waals surface area contributed by atoms with Gasteiger partial charge in [0.2, 0.25) is 0 Å². The predicted molar refractivity (Wildman–Crippen MR) is 70.5 cm³/mol. The van der Waals surface area contributed by atoms with Crippen molar-refractivity contribution in [1.29, 1.82) is 0 Å². The van der Waals surface area contributed by atoms with Crippen LogP contribution in [0.3, 0.4) is 0 Å². The Morgan fingerprint density at radius 3 is 2.81 bits per heavy atom. The first-order valence-corrected chi connectivity index (χ1v) is 7.14. The van der Waals surface area contributed by atoms with E-state index in [1.165, 1.54) is 43.4 Å². The van der Waals surface area contributed by atoms with Crippen molar-refractivity contribution in [2.45, 2.75) is 37.0 Å². The van der Waals surface area contributed by atoms with E-state index in [4.69, 9.17) is 0 Å². The molecule has 0 atom stereocenters. The van der Waals surface area contributed by atoms with Gasteiger partial charge in [-0.15, -0.1) is 24.0 Å². The van der Waals surface area contributed by atoms with Crippen LogP contribution < -0.4 is 5.32 Å². The summed E-state index contributed by atoms with van der Waals surface area (Å²) >= 11 is 5.66. The van der Waals surface area contributed by atoms with E-state index in [0.717, 1.165) is 16.3 Å². The molecule has 4 heteroatoms. The Morgan fingerprint density at radius 1 is 1.44 bits per heavy atom. The Balaban J connectivity index is 1.79. The Kier molecular flexibility index (Phi) is 4.29. The van der Waals surface area contributed by atoms with Gasteiger partial charge in [0, 0.05) is 16.8 Å². The van der Waals surface area contributed by atoms with Crippen LogP contribution in [0.2, 0.25) is 0 Å². The van der Waals surface area contributed by atoms with Gasteiger partial charge in [0.15, 0.2) is 0 Å². The van der Waals surface area contributed by atoms with Crippen LogP contribution in [0.25, 0.3) is 0 Å². The predicted octanol–water partition coefficient (Wildman–Crippen LogP) is 3.35. The van der Waals surface area contributed by atoms with E-state index in [9.17, 15) is 4.79 Å². The van der Waals surface area contributed by atoms with E-state index in [1.807, 2.05) is 11.4 Å². The highest BCUT2D eigenvalue weighted by atomic mass is 32.1. The molecule has 1 amide bonds. The summed E-state index contributed by atoms with van der Waals surface area (Å²) in [5, 5.41) is 4.91. The number of amides is 1. The summed E-state index contributed by atoms with van der Waals surface area (Å²) in [6, 6.07) is 1.82. The summed E-state index contributed by atoms with van der Waals surface area (Å²) in [5.41, 5.74) is 0. The number of rotatable bonds is 3. The molecule has 2 nitrogen and oxygen atoms in total. The van der Waals surface area contributed by atoms with Crippen molar-refractivity contribution in [3.8, 4) is 0 Å². The van der Waals surface area contributed by atoms with Gasteiger partial charge in [-0.25, -0.2) is 0 Å². The second kappa shape index (κ2) is 5.73. The number of hydrogen-bond acceptors (Lipinski definition) is 3. The zero-order valence-electron chi connectivity index (χ0n) is 9.24. The Morgan fingerprint density at radius 2 is 2.19 bits per heavy atom. The summed E-state index contributed by atoms with van der Waals surface area (Å²) in [7, 11) is 0. The molecule has 88 valence electrons. The quantitative estimate of drug-likeness (QED) is 0.797. The van der Waals surface area contributed by atoms with Crippen LogP contribution >= 0.6 is 24.0 Å². The van der Waals surface area contributed by atoms with Crippen LogP contribution in [-0.4, -0.2) is 12.5 Å². The molecule has 0 saturated heterocycles. The highest BCUT2D eigenvalue weighted by Crippen LogP contribution is 2.23. The summed E-state index contributed by atoms with van der Waals surface area (Å²) in [5.74, 6) is 0.740. The minimum Gasteiger partial charge on any atom is -0.351 e. The van der Waals surface area contributed by atoms with Gasteiger partial charge in [0.1, 0.15) is 0 Å². The molecule has 0 radical (unpaired) electrons. The Bertz CT molecular complexity index is 356. The highest BCUT2D eigenvalue weighted by molar-refractivity contribution is 7.80. The largest absolute Gasteiger partial charge is 0.351 e. The molecule has 16 heavy (non-hydrogen) atoms. The van der Waals surface area contributed by atoms with Crippen molar-refractivity contribution in [3.05, 3.63) is 16.3 Å². The van der Waals surface area contributed by atoms with E-state index in [2.05, 4.69) is 17.9 Å². The lowest BCUT2D eigenvalue weighted by Crippen LogP contribution is -2.29. The van der Waals surface area contributed by atoms with Gasteiger partial charge in [-0.1, -0.05) is 19.3 Å². The number of nitrogens with one attached hydrogen (secondary N) is 1. The van der Waals surface area contributed by atoms with Crippen LogP contribution in [0.4, 0.5) is 0 Å². The van der Waals surface area contributed by atoms with Gasteiger partial charge in [-0.3, -0.25) is 4.79 Å². The normalized spacial score (nSPS) is 17.3. The first-order valence-electron chi connectivity index (χ1n) is 5.81. The first kappa shape index (κ1) is 12.0. The topological polar surface area (TPSA) is 29.1 Å². The van der Waals surface area contributed by atoms with Crippen LogP contribution in [0.1, 0.15) is 41.8 Å². The Labute approximate surface area is 106 Å². The van der Waals surface area contributed by atoms with Crippen LogP contribution in [-0.2, 0) is 0 Å². The summed E-state index contributed by atoms with van der Waals surface area (Å²) < 4.78 is 0. The molecule has 1 N–H and O–H groups in total. The van der Waals surface area contributed by atoms with Gasteiger partial charge in [-0.05, 0) is 24.8 Å². The minimum absolute atomic E-state index is 0.0517. The third kappa shape index (κ3) is 3.25. The number of carbonyl (C=O) groups is 1. The van der Waals surface area contributed by atoms with Crippen molar-refractivity contribution < 1.29 is 4.79 Å². The monoisotopic (exact) mass is 255 g/mol. The van der Waals surface area contributed by atoms with E-state index in [1.54, 1.807) is 0 Å². The average Bonchev–Trinajstić information content (AvgIpc) is 2.74. The molecule has 0 aliphatic heterocycles. The molecule has 1 aliphatic rings. The Hall–Kier alpha value is -0.480. The molecule has 1 aromatic heterocycles. The van der Waals surface area contributed by atoms with Crippen LogP contribution in [0, 0.1) is 5.92 Å². The molecule has 2 rings (SSSR count). The molecule has 0 unspecified atom stereocenters. The van der Waals surface area contributed by atoms with Gasteiger partial charge in [-0.2, -0.15) is 0 Å². The lowest BCUT2D eigenvalue weighted by Gasteiger charge is -2.21. The summed E-state index contributed by atoms with van der Waals surface area (Å²) in [4.78, 5) is 13.4. The van der Waals surface area contributed by atoms with E-state index in [-0.39, 0.29) is 5.91 Å². The third-order valence-corrected chi connectivity index (χ3v) is 4.45. The number of thiophene rings is 1. The standard InChI is InChI=1S/C12H17NOS2/c14-12(11-6-10(15)8-16-11)13-7-9-4-2-1-3-5-9/h6,8-9,15H,1-5,7H2,(H,13,14). The molecule has 1 aliphatic carbocycles. The third-order valence-electron chi connectivity index (χ3n) is 3.09. The summed E-state index contributed by atoms with van der Waals surface area (Å²) in [6.07, 6.45) is 6.53. The molecule has 1 aromatic rings. The fraction of sp³-hybridized carbons (Fsp3) is 0.583. The molecule has 1 fully saturated rings. The van der Waals surface area contributed by atoms with E-state index >= 15 is 0 Å². The van der Waals surface area contributed by atoms with Crippen molar-refractivity contribution in [1.82, 2.24) is 5.32 Å². The number of carbonyl (C=O) groups excluding carboxylic acids is 1. The van der Waals surface area contributed by atoms with Gasteiger partial charge < -0.3 is 5.32 Å². The minimum atomic E-state index is 0.0517. The summed E-state index contributed by atoms with van der Waals surface area (Å²) in [6.45, 7) is 0.832. The maximum atomic E-state index is 11.8. The molecule has 1 heterocycles. The van der Waals surface area contributed by atoms with Gasteiger partial charge >= 0.3 is 0 Å². The van der Waals surface area contributed by atoms with E-state index in [0.29, 0.717) is 5.92 Å². The maximum absolute atomic E-state index is 11.8. The lowest BCUT2D eigenvalue weighted by atomic mass is 9.89. The molecular weight excluding hydrogens is 238 g/mol. The average molecular weight is 255 g/mol. The van der Waals surface area contributed by atoms with Crippen molar-refractivity contribution in [3.63, 3.8) is 0 Å². The van der Waals surface area contributed by atoms with Gasteiger partial charge in [0.25, 0.3) is 5.91 Å². The molecule has 0 aromatic carbocycles. The smallest absolute Gasteiger partial charge is 0.261 e. The fourth-order valence-electron chi connectivity index (χ4n) is 2.16. The zero-order chi connectivity index (χ0) is 11.4. The number of hydrogen-bond donors (Lipinski definition) is 2.